The van der Waals surface area contributed by atoms with Crippen molar-refractivity contribution in [2.24, 2.45) is 5.41 Å². The van der Waals surface area contributed by atoms with Gasteiger partial charge < -0.3 is 10.2 Å². The van der Waals surface area contributed by atoms with Crippen LogP contribution >= 0.6 is 11.6 Å². The van der Waals surface area contributed by atoms with Gasteiger partial charge in [0, 0.05) is 71.1 Å². The van der Waals surface area contributed by atoms with E-state index in [1.165, 1.54) is 11.3 Å². The van der Waals surface area contributed by atoms with E-state index in [2.05, 4.69) is 48.1 Å². The second kappa shape index (κ2) is 12.7. The van der Waals surface area contributed by atoms with Crippen LogP contribution in [0.2, 0.25) is 5.02 Å². The molecule has 0 unspecified atom stereocenters. The van der Waals surface area contributed by atoms with Crippen LogP contribution in [0.1, 0.15) is 73.6 Å². The van der Waals surface area contributed by atoms with Crippen LogP contribution in [-0.4, -0.2) is 41.6 Å². The molecule has 1 N–H and O–H groups in total. The summed E-state index contributed by atoms with van der Waals surface area (Å²) in [6.45, 7) is 11.2. The number of halogens is 3. The van der Waals surface area contributed by atoms with Gasteiger partial charge in [0.15, 0.2) is 5.78 Å². The normalized spacial score (nSPS) is 19.0. The number of rotatable bonds is 6. The molecule has 6 nitrogen and oxygen atoms in total. The van der Waals surface area contributed by atoms with Crippen molar-refractivity contribution < 1.29 is 23.2 Å². The molecule has 0 radical (unpaired) electrons. The molecule has 5 rings (SSSR count). The van der Waals surface area contributed by atoms with Gasteiger partial charge in [0.25, 0.3) is 0 Å². The van der Waals surface area contributed by atoms with Crippen molar-refractivity contribution in [3.63, 3.8) is 0 Å². The Hall–Kier alpha value is -3.65. The number of amides is 1. The summed E-state index contributed by atoms with van der Waals surface area (Å²) < 4.78 is 19.4. The maximum Gasteiger partial charge on any atom is 0.483 e. The van der Waals surface area contributed by atoms with Crippen LogP contribution < -0.4 is 10.2 Å². The van der Waals surface area contributed by atoms with Crippen molar-refractivity contribution in [2.75, 3.05) is 11.4 Å². The fourth-order valence-corrected chi connectivity index (χ4v) is 6.30. The highest BCUT2D eigenvalue weighted by molar-refractivity contribution is 6.30. The predicted molar refractivity (Wildman–Crippen MR) is 162 cm³/mol. The lowest BCUT2D eigenvalue weighted by molar-refractivity contribution is -0.119. The first-order chi connectivity index (χ1) is 19.7. The zero-order valence-corrected chi connectivity index (χ0v) is 25.3. The molecule has 1 fully saturated rings. The number of hydrogen-bond acceptors (Lipinski definition) is 5. The van der Waals surface area contributed by atoms with E-state index in [0.29, 0.717) is 17.0 Å². The average molecular weight is 596 g/mol. The number of pyridine rings is 1. The second-order valence-electron chi connectivity index (χ2n) is 12.3. The third-order valence-corrected chi connectivity index (χ3v) is 7.91. The van der Waals surface area contributed by atoms with E-state index in [1.54, 1.807) is 6.92 Å². The second-order valence-corrected chi connectivity index (χ2v) is 12.7. The van der Waals surface area contributed by atoms with E-state index in [9.17, 15) is 18.4 Å². The standard InChI is InChI=1S/C32H36ClN3O2.CF2O/c1-19-6-9-22(17-34-19)26-15-23(29(38)14-21-7-10-24(33)11-8-21)16-27-25-12-13-28(35-20(2)37)31(25)36(30(26)27)18-32(3,4)5;2-1(3)4/h6-11,15-17,25,28,31H,12-14,18H2,1-5H3,(H,35,37);/t25-,28+,31+;/m0./s1. The maximum absolute atomic E-state index is 13.6. The first-order valence-electron chi connectivity index (χ1n) is 14.0. The zero-order valence-electron chi connectivity index (χ0n) is 24.5. The number of hydrogen-bond donors (Lipinski definition) is 1. The number of carbonyl (C=O) groups excluding carboxylic acids is 3. The highest BCUT2D eigenvalue weighted by Crippen LogP contribution is 2.54. The Morgan fingerprint density at radius 1 is 1.05 bits per heavy atom. The van der Waals surface area contributed by atoms with Crippen molar-refractivity contribution in [1.29, 1.82) is 0 Å². The number of nitrogens with zero attached hydrogens (tertiary/aromatic N) is 2. The van der Waals surface area contributed by atoms with Gasteiger partial charge in [-0.1, -0.05) is 50.6 Å². The Morgan fingerprint density at radius 3 is 2.29 bits per heavy atom. The minimum atomic E-state index is -2.83. The number of carbonyl (C=O) groups is 3. The first kappa shape index (κ1) is 31.3. The lowest BCUT2D eigenvalue weighted by atomic mass is 9.90. The molecule has 1 saturated carbocycles. The molecule has 2 aliphatic rings. The van der Waals surface area contributed by atoms with Crippen molar-refractivity contribution >= 4 is 35.3 Å². The van der Waals surface area contributed by atoms with Crippen LogP contribution in [0.15, 0.2) is 54.7 Å². The van der Waals surface area contributed by atoms with Gasteiger partial charge in [-0.15, -0.1) is 8.78 Å². The van der Waals surface area contributed by atoms with E-state index in [0.717, 1.165) is 41.8 Å². The summed E-state index contributed by atoms with van der Waals surface area (Å²) in [6.07, 6.45) is 1.30. The Morgan fingerprint density at radius 2 is 1.71 bits per heavy atom. The number of aromatic nitrogens is 1. The minimum absolute atomic E-state index is 0.00380. The summed E-state index contributed by atoms with van der Waals surface area (Å²) in [7, 11) is 0. The molecule has 3 atom stereocenters. The van der Waals surface area contributed by atoms with Gasteiger partial charge in [0.1, 0.15) is 0 Å². The van der Waals surface area contributed by atoms with Gasteiger partial charge in [-0.25, -0.2) is 4.79 Å². The number of anilines is 1. The molecule has 0 bridgehead atoms. The first-order valence-corrected chi connectivity index (χ1v) is 14.4. The molecule has 222 valence electrons. The highest BCUT2D eigenvalue weighted by Gasteiger charge is 2.49. The lowest BCUT2D eigenvalue weighted by Crippen LogP contribution is -2.50. The van der Waals surface area contributed by atoms with E-state index >= 15 is 0 Å². The summed E-state index contributed by atoms with van der Waals surface area (Å²) in [5, 5.41) is 3.89. The van der Waals surface area contributed by atoms with Crippen LogP contribution in [0, 0.1) is 12.3 Å². The van der Waals surface area contributed by atoms with E-state index in [1.807, 2.05) is 49.5 Å². The fourth-order valence-electron chi connectivity index (χ4n) is 6.18. The molecule has 1 aliphatic heterocycles. The van der Waals surface area contributed by atoms with Crippen molar-refractivity contribution in [3.05, 3.63) is 82.1 Å². The van der Waals surface area contributed by atoms with Gasteiger partial charge in [0.05, 0.1) is 6.04 Å². The monoisotopic (exact) mass is 595 g/mol. The molecule has 2 aromatic carbocycles. The summed E-state index contributed by atoms with van der Waals surface area (Å²) >= 11 is 6.06. The number of benzene rings is 2. The molecule has 1 aromatic heterocycles. The maximum atomic E-state index is 13.6. The lowest BCUT2D eigenvalue weighted by Gasteiger charge is -2.37. The number of nitrogens with one attached hydrogen (secondary N) is 1. The molecule has 1 aliphatic carbocycles. The van der Waals surface area contributed by atoms with Crippen LogP contribution in [0.4, 0.5) is 19.3 Å². The van der Waals surface area contributed by atoms with Gasteiger partial charge >= 0.3 is 6.29 Å². The molecule has 1 amide bonds. The molecular weight excluding hydrogens is 560 g/mol. The quantitative estimate of drug-likeness (QED) is 0.232. The molecule has 0 saturated heterocycles. The van der Waals surface area contributed by atoms with Gasteiger partial charge in [-0.05, 0) is 66.6 Å². The van der Waals surface area contributed by atoms with Gasteiger partial charge in [-0.2, -0.15) is 0 Å². The van der Waals surface area contributed by atoms with Crippen LogP contribution in [0.25, 0.3) is 11.1 Å². The van der Waals surface area contributed by atoms with E-state index in [-0.39, 0.29) is 35.1 Å². The van der Waals surface area contributed by atoms with Crippen LogP contribution in [0.5, 0.6) is 0 Å². The molecular formula is C33H36ClF2N3O3. The van der Waals surface area contributed by atoms with Gasteiger partial charge in [-0.3, -0.25) is 14.6 Å². The minimum Gasteiger partial charge on any atom is -0.365 e. The third-order valence-electron chi connectivity index (χ3n) is 7.65. The zero-order chi connectivity index (χ0) is 30.8. The van der Waals surface area contributed by atoms with E-state index < -0.39 is 6.29 Å². The van der Waals surface area contributed by atoms with Crippen LogP contribution in [-0.2, 0) is 11.2 Å². The SMILES string of the molecule is CC(=O)N[C@@H]1CC[C@H]2c3cc(C(=O)Cc4ccc(Cl)cc4)cc(-c4ccc(C)nc4)c3N(CC(C)(C)C)[C@@H]12.O=C(F)F. The fraction of sp³-hybridized carbons (Fsp3) is 0.394. The summed E-state index contributed by atoms with van der Waals surface area (Å²) in [4.78, 5) is 41.0. The molecule has 42 heavy (non-hydrogen) atoms. The topological polar surface area (TPSA) is 79.4 Å². The summed E-state index contributed by atoms with van der Waals surface area (Å²) in [5.74, 6) is 0.340. The predicted octanol–water partition coefficient (Wildman–Crippen LogP) is 7.80. The Bertz CT molecular complexity index is 1470. The van der Waals surface area contributed by atoms with Crippen molar-refractivity contribution in [2.45, 2.75) is 71.9 Å². The average Bonchev–Trinajstić information content (AvgIpc) is 3.43. The van der Waals surface area contributed by atoms with E-state index in [4.69, 9.17) is 16.4 Å². The largest absolute Gasteiger partial charge is 0.483 e. The smallest absolute Gasteiger partial charge is 0.365 e. The molecule has 0 spiro atoms. The Kier molecular flexibility index (Phi) is 9.46. The summed E-state index contributed by atoms with van der Waals surface area (Å²) in [5.41, 5.74) is 7.09. The Labute approximate surface area is 250 Å². The molecule has 3 aromatic rings. The number of fused-ring (bicyclic) bond motifs is 3. The number of aryl methyl sites for hydroxylation is 1. The van der Waals surface area contributed by atoms with Crippen molar-refractivity contribution in [1.82, 2.24) is 10.3 Å². The third kappa shape index (κ3) is 7.40. The van der Waals surface area contributed by atoms with Gasteiger partial charge in [0.2, 0.25) is 5.91 Å². The summed E-state index contributed by atoms with van der Waals surface area (Å²) in [6, 6.07) is 16.0. The number of ketones is 1. The van der Waals surface area contributed by atoms with Crippen LogP contribution in [0.3, 0.4) is 0 Å². The number of Topliss-reactive ketones (excluding diaryl/α,β-unsaturated/α-hetero) is 1. The molecule has 9 heteroatoms. The van der Waals surface area contributed by atoms with Crippen molar-refractivity contribution in [3.8, 4) is 11.1 Å². The highest BCUT2D eigenvalue weighted by atomic mass is 35.5. The molecule has 2 heterocycles. The Balaban J connectivity index is 0.000000952.